The Morgan fingerprint density at radius 2 is 1.89 bits per heavy atom. The van der Waals surface area contributed by atoms with Gasteiger partial charge in [0.05, 0.1) is 6.54 Å². The van der Waals surface area contributed by atoms with Gasteiger partial charge < -0.3 is 18.8 Å². The van der Waals surface area contributed by atoms with Crippen molar-refractivity contribution >= 4 is 11.0 Å². The average molecular weight is 380 g/mol. The molecule has 1 unspecified atom stereocenters. The van der Waals surface area contributed by atoms with Gasteiger partial charge in [0.25, 0.3) is 0 Å². The molecular weight excluding hydrogens is 354 g/mol. The summed E-state index contributed by atoms with van der Waals surface area (Å²) in [6.45, 7) is 9.18. The van der Waals surface area contributed by atoms with Gasteiger partial charge in [0.15, 0.2) is 17.6 Å². The number of hydrogen-bond acceptors (Lipinski definition) is 4. The van der Waals surface area contributed by atoms with Crippen LogP contribution >= 0.6 is 0 Å². The summed E-state index contributed by atoms with van der Waals surface area (Å²) in [6.07, 6.45) is -0.0137. The van der Waals surface area contributed by atoms with Crippen LogP contribution in [0.1, 0.15) is 23.6 Å². The number of likely N-dealkylation sites (N-methyl/N-ethyl adjacent to an activating group) is 1. The minimum absolute atomic E-state index is 0.0137. The summed E-state index contributed by atoms with van der Waals surface area (Å²) in [5, 5.41) is 1.01. The zero-order valence-corrected chi connectivity index (χ0v) is 16.6. The maximum atomic E-state index is 12.1. The highest BCUT2D eigenvalue weighted by Crippen LogP contribution is 2.30. The van der Waals surface area contributed by atoms with E-state index in [1.54, 1.807) is 6.07 Å². The van der Waals surface area contributed by atoms with Crippen LogP contribution in [0.3, 0.4) is 0 Å². The van der Waals surface area contributed by atoms with Gasteiger partial charge in [0.2, 0.25) is 0 Å². The van der Waals surface area contributed by atoms with E-state index in [2.05, 4.69) is 19.1 Å². The van der Waals surface area contributed by atoms with Crippen molar-refractivity contribution in [1.29, 1.82) is 0 Å². The first-order valence-electron chi connectivity index (χ1n) is 9.80. The van der Waals surface area contributed by atoms with Crippen molar-refractivity contribution in [3.05, 3.63) is 69.6 Å². The van der Waals surface area contributed by atoms with Crippen LogP contribution in [-0.2, 0) is 6.54 Å². The van der Waals surface area contributed by atoms with Crippen LogP contribution in [0.15, 0.2) is 51.7 Å². The van der Waals surface area contributed by atoms with E-state index < -0.39 is 0 Å². The third-order valence-electron chi connectivity index (χ3n) is 5.54. The van der Waals surface area contributed by atoms with Crippen LogP contribution in [0.5, 0.6) is 11.5 Å². The number of para-hydroxylation sites is 2. The lowest BCUT2D eigenvalue weighted by Gasteiger charge is -2.29. The standard InChI is InChI=1S/C23H25NO4/c1-4-24(13-18-14-26-20-7-5-6-8-21(20)27-18)12-17-11-22(25)28-23-16(3)15(2)9-10-19(17)23/h5-11,18H,4,12-14H2,1-3H3/p+1/t18-/m1/s1. The van der Waals surface area contributed by atoms with E-state index in [9.17, 15) is 4.79 Å². The van der Waals surface area contributed by atoms with E-state index in [-0.39, 0.29) is 11.7 Å². The number of aryl methyl sites for hydroxylation is 2. The predicted octanol–water partition coefficient (Wildman–Crippen LogP) is 2.65. The molecule has 0 amide bonds. The highest BCUT2D eigenvalue weighted by Gasteiger charge is 2.25. The Labute approximate surface area is 164 Å². The molecule has 5 heteroatoms. The first-order chi connectivity index (χ1) is 13.5. The van der Waals surface area contributed by atoms with Crippen molar-refractivity contribution < 1.29 is 18.8 Å². The van der Waals surface area contributed by atoms with E-state index in [1.807, 2.05) is 38.1 Å². The highest BCUT2D eigenvalue weighted by atomic mass is 16.6. The molecule has 3 aromatic rings. The smallest absolute Gasteiger partial charge is 0.336 e. The second kappa shape index (κ2) is 7.68. The lowest BCUT2D eigenvalue weighted by Crippen LogP contribution is -3.11. The van der Waals surface area contributed by atoms with Gasteiger partial charge in [-0.1, -0.05) is 24.3 Å². The van der Waals surface area contributed by atoms with Crippen molar-refractivity contribution in [2.75, 3.05) is 19.7 Å². The van der Waals surface area contributed by atoms with E-state index in [0.29, 0.717) is 12.2 Å². The summed E-state index contributed by atoms with van der Waals surface area (Å²) >= 11 is 0. The van der Waals surface area contributed by atoms with Gasteiger partial charge >= 0.3 is 5.63 Å². The number of quaternary nitrogens is 1. The Balaban J connectivity index is 1.56. The fraction of sp³-hybridized carbons (Fsp3) is 0.348. The third-order valence-corrected chi connectivity index (χ3v) is 5.54. The number of fused-ring (bicyclic) bond motifs is 2. The van der Waals surface area contributed by atoms with Crippen molar-refractivity contribution in [3.8, 4) is 11.5 Å². The number of nitrogens with one attached hydrogen (secondary N) is 1. The molecule has 1 aliphatic rings. The molecule has 0 bridgehead atoms. The Kier molecular flexibility index (Phi) is 5.09. The van der Waals surface area contributed by atoms with Crippen molar-refractivity contribution in [1.82, 2.24) is 0 Å². The minimum Gasteiger partial charge on any atom is -0.486 e. The number of benzene rings is 2. The number of rotatable bonds is 5. The average Bonchev–Trinajstić information content (AvgIpc) is 2.70. The molecule has 4 rings (SSSR count). The molecule has 0 saturated carbocycles. The van der Waals surface area contributed by atoms with Crippen LogP contribution < -0.4 is 20.0 Å². The van der Waals surface area contributed by atoms with Crippen LogP contribution in [0.2, 0.25) is 0 Å². The summed E-state index contributed by atoms with van der Waals surface area (Å²) < 4.78 is 17.5. The van der Waals surface area contributed by atoms with E-state index in [1.165, 1.54) is 4.90 Å². The van der Waals surface area contributed by atoms with Gasteiger partial charge in [0.1, 0.15) is 25.3 Å². The van der Waals surface area contributed by atoms with Crippen LogP contribution in [0, 0.1) is 13.8 Å². The predicted molar refractivity (Wildman–Crippen MR) is 108 cm³/mol. The summed E-state index contributed by atoms with van der Waals surface area (Å²) in [4.78, 5) is 13.5. The van der Waals surface area contributed by atoms with E-state index in [4.69, 9.17) is 13.9 Å². The first kappa shape index (κ1) is 18.6. The summed E-state index contributed by atoms with van der Waals surface area (Å²) in [7, 11) is 0. The first-order valence-corrected chi connectivity index (χ1v) is 9.80. The topological polar surface area (TPSA) is 53.1 Å². The van der Waals surface area contributed by atoms with Crippen molar-refractivity contribution in [3.63, 3.8) is 0 Å². The quantitative estimate of drug-likeness (QED) is 0.692. The Morgan fingerprint density at radius 3 is 2.68 bits per heavy atom. The van der Waals surface area contributed by atoms with Gasteiger partial charge in [-0.25, -0.2) is 4.79 Å². The zero-order chi connectivity index (χ0) is 19.7. The molecule has 0 saturated heterocycles. The van der Waals surface area contributed by atoms with E-state index >= 15 is 0 Å². The number of hydrogen-bond donors (Lipinski definition) is 1. The van der Waals surface area contributed by atoms with Gasteiger partial charge in [-0.2, -0.15) is 0 Å². The molecule has 1 N–H and O–H groups in total. The largest absolute Gasteiger partial charge is 0.486 e. The highest BCUT2D eigenvalue weighted by molar-refractivity contribution is 5.83. The maximum absolute atomic E-state index is 12.1. The molecule has 0 spiro atoms. The zero-order valence-electron chi connectivity index (χ0n) is 16.6. The summed E-state index contributed by atoms with van der Waals surface area (Å²) in [5.41, 5.74) is 3.57. The molecule has 146 valence electrons. The molecule has 1 aliphatic heterocycles. The fourth-order valence-electron chi connectivity index (χ4n) is 3.77. The molecule has 1 aromatic heterocycles. The fourth-order valence-corrected chi connectivity index (χ4v) is 3.77. The second-order valence-electron chi connectivity index (χ2n) is 7.46. The molecule has 5 nitrogen and oxygen atoms in total. The molecule has 2 heterocycles. The van der Waals surface area contributed by atoms with Crippen LogP contribution in [-0.4, -0.2) is 25.8 Å². The summed E-state index contributed by atoms with van der Waals surface area (Å²) in [6, 6.07) is 13.5. The molecule has 0 aliphatic carbocycles. The lowest BCUT2D eigenvalue weighted by molar-refractivity contribution is -0.914. The second-order valence-corrected chi connectivity index (χ2v) is 7.46. The van der Waals surface area contributed by atoms with Crippen LogP contribution in [0.25, 0.3) is 11.0 Å². The summed E-state index contributed by atoms with van der Waals surface area (Å²) in [5.74, 6) is 1.60. The Bertz CT molecular complexity index is 1060. The Hall–Kier alpha value is -2.79. The van der Waals surface area contributed by atoms with Crippen LogP contribution in [0.4, 0.5) is 0 Å². The third kappa shape index (κ3) is 3.62. The Morgan fingerprint density at radius 1 is 1.11 bits per heavy atom. The maximum Gasteiger partial charge on any atom is 0.336 e. The van der Waals surface area contributed by atoms with Gasteiger partial charge in [-0.05, 0) is 44.0 Å². The lowest BCUT2D eigenvalue weighted by atomic mass is 10.0. The molecule has 0 radical (unpaired) electrons. The van der Waals surface area contributed by atoms with Gasteiger partial charge in [-0.3, -0.25) is 0 Å². The van der Waals surface area contributed by atoms with Crippen molar-refractivity contribution in [2.45, 2.75) is 33.4 Å². The van der Waals surface area contributed by atoms with Crippen molar-refractivity contribution in [2.24, 2.45) is 0 Å². The normalized spacial score (nSPS) is 16.9. The molecule has 2 aromatic carbocycles. The molecule has 28 heavy (non-hydrogen) atoms. The SMILES string of the molecule is CC[NH+](Cc1cc(=O)oc2c(C)c(C)ccc12)C[C@@H]1COc2ccccc2O1. The minimum atomic E-state index is -0.294. The molecule has 0 fully saturated rings. The van der Waals surface area contributed by atoms with Gasteiger partial charge in [-0.15, -0.1) is 0 Å². The van der Waals surface area contributed by atoms with Gasteiger partial charge in [0, 0.05) is 17.0 Å². The number of ether oxygens (including phenoxy) is 2. The monoisotopic (exact) mass is 380 g/mol. The van der Waals surface area contributed by atoms with E-state index in [0.717, 1.165) is 53.2 Å². The molecule has 2 atom stereocenters. The molecular formula is C23H26NO4+.